The van der Waals surface area contributed by atoms with Gasteiger partial charge in [-0.1, -0.05) is 48.5 Å². The Morgan fingerprint density at radius 3 is 1.89 bits per heavy atom. The highest BCUT2D eigenvalue weighted by Gasteiger charge is 2.36. The van der Waals surface area contributed by atoms with E-state index in [0.29, 0.717) is 0 Å². The van der Waals surface area contributed by atoms with E-state index in [4.69, 9.17) is 9.47 Å². The summed E-state index contributed by atoms with van der Waals surface area (Å²) in [6.07, 6.45) is 0. The molecule has 0 amide bonds. The van der Waals surface area contributed by atoms with E-state index in [1.54, 1.807) is 0 Å². The summed E-state index contributed by atoms with van der Waals surface area (Å²) in [4.78, 5) is 23.5. The van der Waals surface area contributed by atoms with E-state index in [1.807, 2.05) is 58.0 Å². The standard InChI is InChI=1S/C24H26O4/c1-15(25)27-23(3,4)21-14-13-19-18-10-8-7-9-17(18)11-12-20(19)22(21)24(5,6)28-16(2)26/h7-14H,1-6H3. The maximum atomic E-state index is 11.8. The molecule has 0 atom stereocenters. The Morgan fingerprint density at radius 2 is 1.25 bits per heavy atom. The van der Waals surface area contributed by atoms with Crippen molar-refractivity contribution in [1.29, 1.82) is 0 Å². The first-order valence-electron chi connectivity index (χ1n) is 9.37. The monoisotopic (exact) mass is 378 g/mol. The molecule has 0 unspecified atom stereocenters. The number of hydrogen-bond donors (Lipinski definition) is 0. The molecule has 28 heavy (non-hydrogen) atoms. The van der Waals surface area contributed by atoms with Crippen LogP contribution in [-0.2, 0) is 30.3 Å². The molecule has 0 saturated carbocycles. The molecule has 3 aromatic carbocycles. The number of benzene rings is 3. The fourth-order valence-electron chi connectivity index (χ4n) is 4.06. The average molecular weight is 378 g/mol. The van der Waals surface area contributed by atoms with E-state index in [-0.39, 0.29) is 11.9 Å². The van der Waals surface area contributed by atoms with E-state index in [0.717, 1.165) is 32.7 Å². The van der Waals surface area contributed by atoms with Crippen LogP contribution in [0.4, 0.5) is 0 Å². The van der Waals surface area contributed by atoms with Crippen molar-refractivity contribution in [1.82, 2.24) is 0 Å². The number of rotatable bonds is 4. The fourth-order valence-corrected chi connectivity index (χ4v) is 4.06. The lowest BCUT2D eigenvalue weighted by molar-refractivity contribution is -0.158. The van der Waals surface area contributed by atoms with Gasteiger partial charge in [0.05, 0.1) is 0 Å². The highest BCUT2D eigenvalue weighted by atomic mass is 16.6. The van der Waals surface area contributed by atoms with E-state index in [9.17, 15) is 9.59 Å². The quantitative estimate of drug-likeness (QED) is 0.439. The van der Waals surface area contributed by atoms with Gasteiger partial charge >= 0.3 is 11.9 Å². The van der Waals surface area contributed by atoms with Gasteiger partial charge in [-0.3, -0.25) is 9.59 Å². The number of hydrogen-bond acceptors (Lipinski definition) is 4. The van der Waals surface area contributed by atoms with E-state index >= 15 is 0 Å². The molecule has 0 aliphatic rings. The van der Waals surface area contributed by atoms with Crippen LogP contribution in [0.15, 0.2) is 48.5 Å². The largest absolute Gasteiger partial charge is 0.455 e. The third-order valence-electron chi connectivity index (χ3n) is 4.97. The van der Waals surface area contributed by atoms with Gasteiger partial charge in [-0.25, -0.2) is 0 Å². The van der Waals surface area contributed by atoms with Crippen LogP contribution in [0.5, 0.6) is 0 Å². The molecule has 0 N–H and O–H groups in total. The van der Waals surface area contributed by atoms with Gasteiger partial charge in [0.2, 0.25) is 0 Å². The topological polar surface area (TPSA) is 52.6 Å². The van der Waals surface area contributed by atoms with Crippen LogP contribution < -0.4 is 0 Å². The predicted octanol–water partition coefficient (Wildman–Crippen LogP) is 5.59. The smallest absolute Gasteiger partial charge is 0.303 e. The van der Waals surface area contributed by atoms with Gasteiger partial charge in [-0.2, -0.15) is 0 Å². The van der Waals surface area contributed by atoms with Crippen LogP contribution in [0.3, 0.4) is 0 Å². The van der Waals surface area contributed by atoms with Crippen molar-refractivity contribution in [3.8, 4) is 0 Å². The molecular weight excluding hydrogens is 352 g/mol. The molecule has 0 aliphatic heterocycles. The molecule has 0 saturated heterocycles. The van der Waals surface area contributed by atoms with Gasteiger partial charge in [-0.05, 0) is 49.2 Å². The SMILES string of the molecule is CC(=O)OC(C)(C)c1ccc2c(ccc3ccccc32)c1C(C)(C)OC(C)=O. The molecular formula is C24H26O4. The first-order valence-corrected chi connectivity index (χ1v) is 9.37. The van der Waals surface area contributed by atoms with Crippen LogP contribution in [-0.4, -0.2) is 11.9 Å². The fraction of sp³-hybridized carbons (Fsp3) is 0.333. The number of carbonyl (C=O) groups is 2. The minimum absolute atomic E-state index is 0.361. The Hall–Kier alpha value is -2.88. The first-order chi connectivity index (χ1) is 13.0. The van der Waals surface area contributed by atoms with Crippen LogP contribution in [0.2, 0.25) is 0 Å². The molecule has 0 spiro atoms. The summed E-state index contributed by atoms with van der Waals surface area (Å²) < 4.78 is 11.3. The van der Waals surface area contributed by atoms with Crippen molar-refractivity contribution in [3.05, 3.63) is 59.7 Å². The lowest BCUT2D eigenvalue weighted by atomic mass is 9.81. The van der Waals surface area contributed by atoms with E-state index < -0.39 is 11.2 Å². The average Bonchev–Trinajstić information content (AvgIpc) is 2.58. The third kappa shape index (κ3) is 3.59. The maximum absolute atomic E-state index is 11.8. The van der Waals surface area contributed by atoms with Gasteiger partial charge in [-0.15, -0.1) is 0 Å². The second-order valence-corrected chi connectivity index (χ2v) is 8.08. The summed E-state index contributed by atoms with van der Waals surface area (Å²) in [5.41, 5.74) is -0.118. The molecule has 146 valence electrons. The van der Waals surface area contributed by atoms with Crippen molar-refractivity contribution in [2.24, 2.45) is 0 Å². The zero-order chi connectivity index (χ0) is 20.7. The van der Waals surface area contributed by atoms with Crippen LogP contribution in [0.1, 0.15) is 52.7 Å². The number of fused-ring (bicyclic) bond motifs is 3. The molecule has 0 fully saturated rings. The Balaban J connectivity index is 2.40. The van der Waals surface area contributed by atoms with Crippen LogP contribution in [0, 0.1) is 0 Å². The number of esters is 2. The van der Waals surface area contributed by atoms with Gasteiger partial charge in [0.15, 0.2) is 0 Å². The van der Waals surface area contributed by atoms with Gasteiger partial charge < -0.3 is 9.47 Å². The lowest BCUT2D eigenvalue weighted by Gasteiger charge is -2.35. The minimum atomic E-state index is -0.902. The number of carbonyl (C=O) groups excluding carboxylic acids is 2. The zero-order valence-electron chi connectivity index (χ0n) is 17.3. The second-order valence-electron chi connectivity index (χ2n) is 8.08. The Morgan fingerprint density at radius 1 is 0.679 bits per heavy atom. The molecule has 3 rings (SSSR count). The molecule has 0 bridgehead atoms. The zero-order valence-corrected chi connectivity index (χ0v) is 17.3. The van der Waals surface area contributed by atoms with Crippen molar-refractivity contribution in [3.63, 3.8) is 0 Å². The molecule has 4 heteroatoms. The summed E-state index contributed by atoms with van der Waals surface area (Å²) in [5.74, 6) is -0.723. The minimum Gasteiger partial charge on any atom is -0.455 e. The van der Waals surface area contributed by atoms with Gasteiger partial charge in [0.1, 0.15) is 11.2 Å². The molecule has 0 heterocycles. The Labute approximate surface area is 165 Å². The summed E-state index contributed by atoms with van der Waals surface area (Å²) >= 11 is 0. The Kier molecular flexibility index (Phi) is 4.92. The number of ether oxygens (including phenoxy) is 2. The first kappa shape index (κ1) is 19.9. The van der Waals surface area contributed by atoms with Gasteiger partial charge in [0, 0.05) is 25.0 Å². The molecule has 0 aromatic heterocycles. The van der Waals surface area contributed by atoms with Gasteiger partial charge in [0.25, 0.3) is 0 Å². The summed E-state index contributed by atoms with van der Waals surface area (Å²) in [6, 6.07) is 16.3. The van der Waals surface area contributed by atoms with Crippen molar-refractivity contribution >= 4 is 33.5 Å². The summed E-state index contributed by atoms with van der Waals surface area (Å²) in [5, 5.41) is 4.30. The summed E-state index contributed by atoms with van der Waals surface area (Å²) in [7, 11) is 0. The molecule has 0 aliphatic carbocycles. The van der Waals surface area contributed by atoms with Crippen LogP contribution >= 0.6 is 0 Å². The van der Waals surface area contributed by atoms with E-state index in [2.05, 4.69) is 18.2 Å². The predicted molar refractivity (Wildman–Crippen MR) is 111 cm³/mol. The van der Waals surface area contributed by atoms with Crippen LogP contribution in [0.25, 0.3) is 21.5 Å². The highest BCUT2D eigenvalue weighted by Crippen LogP contribution is 2.42. The molecule has 3 aromatic rings. The normalized spacial score (nSPS) is 12.2. The van der Waals surface area contributed by atoms with Crippen molar-refractivity contribution in [2.45, 2.75) is 52.7 Å². The maximum Gasteiger partial charge on any atom is 0.303 e. The third-order valence-corrected chi connectivity index (χ3v) is 4.97. The van der Waals surface area contributed by atoms with Crippen molar-refractivity contribution in [2.75, 3.05) is 0 Å². The van der Waals surface area contributed by atoms with E-state index in [1.165, 1.54) is 13.8 Å². The highest BCUT2D eigenvalue weighted by molar-refractivity contribution is 6.09. The second kappa shape index (κ2) is 6.93. The molecule has 4 nitrogen and oxygen atoms in total. The lowest BCUT2D eigenvalue weighted by Crippen LogP contribution is -2.32. The van der Waals surface area contributed by atoms with Crippen molar-refractivity contribution < 1.29 is 19.1 Å². The molecule has 0 radical (unpaired) electrons. The summed E-state index contributed by atoms with van der Waals surface area (Å²) in [6.45, 7) is 10.2. The Bertz CT molecular complexity index is 1080.